The van der Waals surface area contributed by atoms with Crippen LogP contribution in [-0.4, -0.2) is 17.5 Å². The van der Waals surface area contributed by atoms with E-state index in [1.54, 1.807) is 40.5 Å². The van der Waals surface area contributed by atoms with Crippen LogP contribution >= 0.6 is 11.3 Å². The molecule has 30 heavy (non-hydrogen) atoms. The Hall–Kier alpha value is -2.73. The fourth-order valence-electron chi connectivity index (χ4n) is 4.61. The zero-order valence-corrected chi connectivity index (χ0v) is 17.3. The third-order valence-corrected chi connectivity index (χ3v) is 7.38. The molecule has 5 rings (SSSR count). The maximum atomic E-state index is 13.6. The molecule has 0 unspecified atom stereocenters. The van der Waals surface area contributed by atoms with Crippen LogP contribution in [0.15, 0.2) is 48.5 Å². The number of halogens is 2. The van der Waals surface area contributed by atoms with Crippen LogP contribution in [0.25, 0.3) is 0 Å². The fourth-order valence-corrected chi connectivity index (χ4v) is 6.19. The molecule has 1 aliphatic carbocycles. The highest BCUT2D eigenvalue weighted by Crippen LogP contribution is 2.45. The molecule has 1 atom stereocenters. The number of fused-ring (bicyclic) bond motifs is 3. The molecule has 0 saturated carbocycles. The van der Waals surface area contributed by atoms with E-state index in [1.807, 2.05) is 0 Å². The second-order valence-electron chi connectivity index (χ2n) is 7.89. The minimum atomic E-state index is -0.394. The quantitative estimate of drug-likeness (QED) is 0.531. The Balaban J connectivity index is 1.54. The molecule has 3 aromatic rings. The fraction of sp³-hybridized carbons (Fsp3) is 0.292. The molecule has 0 spiro atoms. The van der Waals surface area contributed by atoms with Gasteiger partial charge in [0, 0.05) is 22.0 Å². The van der Waals surface area contributed by atoms with Gasteiger partial charge < -0.3 is 10.2 Å². The molecule has 2 aromatic carbocycles. The number of hydrogen-bond acceptors (Lipinski definition) is 2. The van der Waals surface area contributed by atoms with Crippen molar-refractivity contribution >= 4 is 23.1 Å². The molecular weight excluding hydrogens is 402 g/mol. The SMILES string of the molecule is O=C(Nc1cccc(F)c1)N1CCc2c(sc3c2CCCC3)[C@@H]1c1ccc(F)cc1. The van der Waals surface area contributed by atoms with Gasteiger partial charge >= 0.3 is 6.03 Å². The van der Waals surface area contributed by atoms with E-state index in [4.69, 9.17) is 0 Å². The average molecular weight is 425 g/mol. The Labute approximate surface area is 178 Å². The third-order valence-electron chi connectivity index (χ3n) is 6.00. The van der Waals surface area contributed by atoms with E-state index < -0.39 is 5.82 Å². The van der Waals surface area contributed by atoms with E-state index in [0.717, 1.165) is 24.8 Å². The second kappa shape index (κ2) is 7.84. The second-order valence-corrected chi connectivity index (χ2v) is 9.03. The van der Waals surface area contributed by atoms with E-state index >= 15 is 0 Å². The number of amides is 2. The summed E-state index contributed by atoms with van der Waals surface area (Å²) in [6.07, 6.45) is 5.43. The van der Waals surface area contributed by atoms with Crippen LogP contribution in [0.4, 0.5) is 19.3 Å². The number of hydrogen-bond donors (Lipinski definition) is 1. The normalized spacial score (nSPS) is 17.9. The summed E-state index contributed by atoms with van der Waals surface area (Å²) in [5.74, 6) is -0.689. The van der Waals surface area contributed by atoms with Gasteiger partial charge in [0.2, 0.25) is 0 Å². The van der Waals surface area contributed by atoms with Crippen molar-refractivity contribution in [3.05, 3.63) is 86.6 Å². The number of urea groups is 1. The van der Waals surface area contributed by atoms with Gasteiger partial charge in [0.25, 0.3) is 0 Å². The van der Waals surface area contributed by atoms with Gasteiger partial charge in [-0.05, 0) is 79.1 Å². The van der Waals surface area contributed by atoms with Crippen molar-refractivity contribution in [2.75, 3.05) is 11.9 Å². The van der Waals surface area contributed by atoms with Gasteiger partial charge in [-0.2, -0.15) is 0 Å². The van der Waals surface area contributed by atoms with E-state index in [9.17, 15) is 13.6 Å². The number of benzene rings is 2. The monoisotopic (exact) mass is 424 g/mol. The highest BCUT2D eigenvalue weighted by atomic mass is 32.1. The number of aryl methyl sites for hydroxylation is 1. The smallest absolute Gasteiger partial charge is 0.312 e. The molecule has 0 fully saturated rings. The highest BCUT2D eigenvalue weighted by molar-refractivity contribution is 7.12. The maximum Gasteiger partial charge on any atom is 0.322 e. The van der Waals surface area contributed by atoms with Crippen LogP contribution in [0, 0.1) is 11.6 Å². The molecule has 0 radical (unpaired) electrons. The van der Waals surface area contributed by atoms with E-state index in [-0.39, 0.29) is 17.9 Å². The molecule has 2 amide bonds. The van der Waals surface area contributed by atoms with Gasteiger partial charge in [-0.15, -0.1) is 11.3 Å². The van der Waals surface area contributed by atoms with Crippen molar-refractivity contribution in [1.29, 1.82) is 0 Å². The minimum absolute atomic E-state index is 0.265. The number of carbonyl (C=O) groups is 1. The molecule has 2 heterocycles. The van der Waals surface area contributed by atoms with Gasteiger partial charge in [0.1, 0.15) is 11.6 Å². The Morgan fingerprint density at radius 1 is 0.967 bits per heavy atom. The minimum Gasteiger partial charge on any atom is -0.312 e. The van der Waals surface area contributed by atoms with Crippen LogP contribution in [-0.2, 0) is 19.3 Å². The first-order valence-corrected chi connectivity index (χ1v) is 11.1. The third kappa shape index (κ3) is 3.49. The first-order chi connectivity index (χ1) is 14.6. The van der Waals surface area contributed by atoms with E-state index in [2.05, 4.69) is 5.32 Å². The van der Waals surface area contributed by atoms with Gasteiger partial charge in [0.15, 0.2) is 0 Å². The summed E-state index contributed by atoms with van der Waals surface area (Å²) in [6.45, 7) is 0.569. The van der Waals surface area contributed by atoms with Crippen molar-refractivity contribution < 1.29 is 13.6 Å². The van der Waals surface area contributed by atoms with Gasteiger partial charge in [-0.3, -0.25) is 0 Å². The standard InChI is InChI=1S/C24H22F2N2OS/c25-16-10-8-15(9-11-16)22-23-20(19-6-1-2-7-21(19)30-23)12-13-28(22)24(29)27-18-5-3-4-17(26)14-18/h3-5,8-11,14,22H,1-2,6-7,12-13H2,(H,27,29)/t22-/m0/s1. The number of nitrogens with one attached hydrogen (secondary N) is 1. The topological polar surface area (TPSA) is 32.3 Å². The Morgan fingerprint density at radius 2 is 1.77 bits per heavy atom. The molecule has 2 aliphatic rings. The lowest BCUT2D eigenvalue weighted by Gasteiger charge is -2.36. The van der Waals surface area contributed by atoms with Gasteiger partial charge in [-0.25, -0.2) is 13.6 Å². The van der Waals surface area contributed by atoms with Crippen molar-refractivity contribution in [2.24, 2.45) is 0 Å². The average Bonchev–Trinajstić information content (AvgIpc) is 3.12. The lowest BCUT2D eigenvalue weighted by molar-refractivity contribution is 0.195. The Morgan fingerprint density at radius 3 is 2.57 bits per heavy atom. The number of rotatable bonds is 2. The van der Waals surface area contributed by atoms with Crippen LogP contribution < -0.4 is 5.32 Å². The van der Waals surface area contributed by atoms with Gasteiger partial charge in [0.05, 0.1) is 6.04 Å². The summed E-state index contributed by atoms with van der Waals surface area (Å²) in [4.78, 5) is 17.6. The zero-order chi connectivity index (χ0) is 20.7. The molecular formula is C24H22F2N2OS. The van der Waals surface area contributed by atoms with E-state index in [1.165, 1.54) is 58.0 Å². The Kier molecular flexibility index (Phi) is 5.03. The summed E-state index contributed by atoms with van der Waals surface area (Å²) in [7, 11) is 0. The van der Waals surface area contributed by atoms with Gasteiger partial charge in [-0.1, -0.05) is 18.2 Å². The first-order valence-electron chi connectivity index (χ1n) is 10.3. The molecule has 0 saturated heterocycles. The number of carbonyl (C=O) groups excluding carboxylic acids is 1. The molecule has 1 aliphatic heterocycles. The van der Waals surface area contributed by atoms with Crippen LogP contribution in [0.3, 0.4) is 0 Å². The van der Waals surface area contributed by atoms with Crippen LogP contribution in [0.5, 0.6) is 0 Å². The van der Waals surface area contributed by atoms with Crippen molar-refractivity contribution in [1.82, 2.24) is 4.90 Å². The lowest BCUT2D eigenvalue weighted by Crippen LogP contribution is -2.42. The molecule has 3 nitrogen and oxygen atoms in total. The van der Waals surface area contributed by atoms with E-state index in [0.29, 0.717) is 12.2 Å². The molecule has 6 heteroatoms. The highest BCUT2D eigenvalue weighted by Gasteiger charge is 2.36. The van der Waals surface area contributed by atoms with Crippen molar-refractivity contribution in [3.8, 4) is 0 Å². The molecule has 1 aromatic heterocycles. The summed E-state index contributed by atoms with van der Waals surface area (Å²) in [5, 5.41) is 2.83. The molecule has 0 bridgehead atoms. The Bertz CT molecular complexity index is 1090. The van der Waals surface area contributed by atoms with Crippen LogP contribution in [0.1, 0.15) is 45.3 Å². The molecule has 154 valence electrons. The molecule has 1 N–H and O–H groups in total. The zero-order valence-electron chi connectivity index (χ0n) is 16.5. The summed E-state index contributed by atoms with van der Waals surface area (Å²) >= 11 is 1.80. The van der Waals surface area contributed by atoms with Crippen LogP contribution in [0.2, 0.25) is 0 Å². The largest absolute Gasteiger partial charge is 0.322 e. The summed E-state index contributed by atoms with van der Waals surface area (Å²) in [5.41, 5.74) is 4.16. The van der Waals surface area contributed by atoms with Crippen molar-refractivity contribution in [3.63, 3.8) is 0 Å². The maximum absolute atomic E-state index is 13.6. The summed E-state index contributed by atoms with van der Waals surface area (Å²) < 4.78 is 27.2. The lowest BCUT2D eigenvalue weighted by atomic mass is 9.88. The number of nitrogens with zero attached hydrogens (tertiary/aromatic N) is 1. The number of anilines is 1. The summed E-state index contributed by atoms with van der Waals surface area (Å²) in [6, 6.07) is 11.8. The number of thiophene rings is 1. The van der Waals surface area contributed by atoms with Crippen molar-refractivity contribution in [2.45, 2.75) is 38.1 Å². The first kappa shape index (κ1) is 19.2. The predicted octanol–water partition coefficient (Wildman–Crippen LogP) is 6.08. The predicted molar refractivity (Wildman–Crippen MR) is 115 cm³/mol.